The van der Waals surface area contributed by atoms with E-state index in [2.05, 4.69) is 90.2 Å². The molecule has 1 N–H and O–H groups in total. The molecule has 0 radical (unpaired) electrons. The van der Waals surface area contributed by atoms with Crippen molar-refractivity contribution in [2.24, 2.45) is 0 Å². The number of benzene rings is 2. The van der Waals surface area contributed by atoms with Gasteiger partial charge in [-0.3, -0.25) is 4.79 Å². The molecule has 0 aliphatic carbocycles. The summed E-state index contributed by atoms with van der Waals surface area (Å²) in [7, 11) is 0. The average Bonchev–Trinajstić information content (AvgIpc) is 3.15. The minimum absolute atomic E-state index is 0.117. The van der Waals surface area contributed by atoms with Crippen LogP contribution in [0.4, 0.5) is 0 Å². The van der Waals surface area contributed by atoms with Gasteiger partial charge in [-0.25, -0.2) is 4.98 Å². The number of rotatable bonds is 10. The smallest absolute Gasteiger partial charge is 0.220 e. The molecule has 0 spiro atoms. The summed E-state index contributed by atoms with van der Waals surface area (Å²) in [5.74, 6) is 0.897. The van der Waals surface area contributed by atoms with Gasteiger partial charge in [0, 0.05) is 30.6 Å². The SMILES string of the molecule is CCCCNC(=O)CCCSc1nnc2c3ccccc3n(Cc3ccc(C(C)(C)C)cc3)c2n1. The molecule has 0 aliphatic heterocycles. The van der Waals surface area contributed by atoms with Gasteiger partial charge in [0.25, 0.3) is 0 Å². The van der Waals surface area contributed by atoms with E-state index in [9.17, 15) is 4.79 Å². The topological polar surface area (TPSA) is 72.7 Å². The van der Waals surface area contributed by atoms with Crippen LogP contribution in [-0.2, 0) is 16.8 Å². The molecule has 0 atom stereocenters. The summed E-state index contributed by atoms with van der Waals surface area (Å²) in [5.41, 5.74) is 5.46. The summed E-state index contributed by atoms with van der Waals surface area (Å²) in [6.45, 7) is 10.3. The molecule has 4 rings (SSSR count). The van der Waals surface area contributed by atoms with Gasteiger partial charge in [-0.2, -0.15) is 0 Å². The number of fused-ring (bicyclic) bond motifs is 3. The first-order chi connectivity index (χ1) is 16.9. The van der Waals surface area contributed by atoms with Crippen LogP contribution in [0.1, 0.15) is 64.5 Å². The average molecular weight is 490 g/mol. The minimum atomic E-state index is 0.117. The fraction of sp³-hybridized carbons (Fsp3) is 0.429. The molecule has 6 nitrogen and oxygen atoms in total. The van der Waals surface area contributed by atoms with E-state index in [1.165, 1.54) is 11.1 Å². The number of unbranched alkanes of at least 4 members (excludes halogenated alkanes) is 1. The molecule has 0 saturated heterocycles. The summed E-state index contributed by atoms with van der Waals surface area (Å²) < 4.78 is 2.23. The summed E-state index contributed by atoms with van der Waals surface area (Å²) in [5, 5.41) is 13.6. The van der Waals surface area contributed by atoms with E-state index in [0.29, 0.717) is 11.6 Å². The number of nitrogens with zero attached hydrogens (tertiary/aromatic N) is 4. The van der Waals surface area contributed by atoms with Gasteiger partial charge >= 0.3 is 0 Å². The lowest BCUT2D eigenvalue weighted by Crippen LogP contribution is -2.24. The second-order valence-corrected chi connectivity index (χ2v) is 11.0. The first kappa shape index (κ1) is 25.2. The molecule has 35 heavy (non-hydrogen) atoms. The number of hydrogen-bond acceptors (Lipinski definition) is 5. The van der Waals surface area contributed by atoms with E-state index < -0.39 is 0 Å². The van der Waals surface area contributed by atoms with Crippen LogP contribution in [-0.4, -0.2) is 38.0 Å². The molecule has 4 aromatic rings. The zero-order chi connectivity index (χ0) is 24.8. The molecule has 0 unspecified atom stereocenters. The monoisotopic (exact) mass is 489 g/mol. The summed E-state index contributed by atoms with van der Waals surface area (Å²) in [4.78, 5) is 16.8. The van der Waals surface area contributed by atoms with Crippen molar-refractivity contribution < 1.29 is 4.79 Å². The maximum atomic E-state index is 11.9. The molecule has 2 aromatic carbocycles. The van der Waals surface area contributed by atoms with Gasteiger partial charge in [0.1, 0.15) is 5.52 Å². The van der Waals surface area contributed by atoms with Gasteiger partial charge in [-0.15, -0.1) is 10.2 Å². The third-order valence-electron chi connectivity index (χ3n) is 6.15. The number of hydrogen-bond donors (Lipinski definition) is 1. The third-order valence-corrected chi connectivity index (χ3v) is 7.07. The predicted molar refractivity (Wildman–Crippen MR) is 145 cm³/mol. The van der Waals surface area contributed by atoms with Gasteiger partial charge in [0.05, 0.1) is 5.52 Å². The molecular weight excluding hydrogens is 454 g/mol. The van der Waals surface area contributed by atoms with Crippen molar-refractivity contribution in [1.82, 2.24) is 25.1 Å². The predicted octanol–water partition coefficient (Wildman–Crippen LogP) is 6.11. The molecular formula is C28H35N5OS. The van der Waals surface area contributed by atoms with Crippen LogP contribution in [0.2, 0.25) is 0 Å². The Balaban J connectivity index is 1.52. The highest BCUT2D eigenvalue weighted by Gasteiger charge is 2.16. The molecule has 0 bridgehead atoms. The van der Waals surface area contributed by atoms with Gasteiger partial charge in [-0.1, -0.05) is 88.3 Å². The molecule has 0 saturated carbocycles. The van der Waals surface area contributed by atoms with E-state index in [4.69, 9.17) is 4.98 Å². The number of para-hydroxylation sites is 1. The summed E-state index contributed by atoms with van der Waals surface area (Å²) in [6, 6.07) is 17.1. The van der Waals surface area contributed by atoms with E-state index in [0.717, 1.165) is 60.2 Å². The Labute approximate surface area is 211 Å². The molecule has 2 aromatic heterocycles. The van der Waals surface area contributed by atoms with Crippen molar-refractivity contribution in [3.8, 4) is 0 Å². The number of carbonyl (C=O) groups excluding carboxylic acids is 1. The van der Waals surface area contributed by atoms with Gasteiger partial charge in [0.2, 0.25) is 11.1 Å². The van der Waals surface area contributed by atoms with Crippen LogP contribution in [0.15, 0.2) is 53.7 Å². The Morgan fingerprint density at radius 3 is 2.54 bits per heavy atom. The van der Waals surface area contributed by atoms with Crippen LogP contribution in [0.5, 0.6) is 0 Å². The van der Waals surface area contributed by atoms with Crippen molar-refractivity contribution in [3.63, 3.8) is 0 Å². The van der Waals surface area contributed by atoms with E-state index in [1.807, 2.05) is 6.07 Å². The molecule has 7 heteroatoms. The largest absolute Gasteiger partial charge is 0.356 e. The Bertz CT molecular complexity index is 1290. The highest BCUT2D eigenvalue weighted by molar-refractivity contribution is 7.99. The van der Waals surface area contributed by atoms with Crippen LogP contribution in [0.3, 0.4) is 0 Å². The minimum Gasteiger partial charge on any atom is -0.356 e. The number of thioether (sulfide) groups is 1. The number of carbonyl (C=O) groups is 1. The Morgan fingerprint density at radius 1 is 1.03 bits per heavy atom. The van der Waals surface area contributed by atoms with Gasteiger partial charge < -0.3 is 9.88 Å². The van der Waals surface area contributed by atoms with Crippen LogP contribution in [0.25, 0.3) is 22.1 Å². The van der Waals surface area contributed by atoms with Gasteiger partial charge in [-0.05, 0) is 35.4 Å². The van der Waals surface area contributed by atoms with Gasteiger partial charge in [0.15, 0.2) is 5.65 Å². The highest BCUT2D eigenvalue weighted by Crippen LogP contribution is 2.29. The maximum absolute atomic E-state index is 11.9. The summed E-state index contributed by atoms with van der Waals surface area (Å²) in [6.07, 6.45) is 3.42. The number of nitrogens with one attached hydrogen (secondary N) is 1. The lowest BCUT2D eigenvalue weighted by atomic mass is 9.87. The third kappa shape index (κ3) is 6.20. The van der Waals surface area contributed by atoms with Crippen molar-refractivity contribution in [2.75, 3.05) is 12.3 Å². The standard InChI is InChI=1S/C28H35N5OS/c1-5-6-17-29-24(34)12-9-18-35-27-30-26-25(31-32-27)22-10-7-8-11-23(22)33(26)19-20-13-15-21(16-14-20)28(2,3)4/h7-8,10-11,13-16H,5-6,9,12,17-19H2,1-4H3,(H,29,34). The quantitative estimate of drug-likeness (QED) is 0.215. The first-order valence-electron chi connectivity index (χ1n) is 12.5. The second kappa shape index (κ2) is 11.2. The van der Waals surface area contributed by atoms with E-state index in [1.54, 1.807) is 11.8 Å². The van der Waals surface area contributed by atoms with E-state index in [-0.39, 0.29) is 11.3 Å². The van der Waals surface area contributed by atoms with Crippen LogP contribution in [0, 0.1) is 0 Å². The van der Waals surface area contributed by atoms with Crippen molar-refractivity contribution in [3.05, 3.63) is 59.7 Å². The Hall–Kier alpha value is -2.93. The van der Waals surface area contributed by atoms with E-state index >= 15 is 0 Å². The molecule has 184 valence electrons. The fourth-order valence-electron chi connectivity index (χ4n) is 4.09. The summed E-state index contributed by atoms with van der Waals surface area (Å²) >= 11 is 1.56. The zero-order valence-corrected chi connectivity index (χ0v) is 22.0. The fourth-order valence-corrected chi connectivity index (χ4v) is 4.81. The number of amides is 1. The highest BCUT2D eigenvalue weighted by atomic mass is 32.2. The lowest BCUT2D eigenvalue weighted by Gasteiger charge is -2.19. The zero-order valence-electron chi connectivity index (χ0n) is 21.2. The van der Waals surface area contributed by atoms with Crippen LogP contribution < -0.4 is 5.32 Å². The van der Waals surface area contributed by atoms with Crippen molar-refractivity contribution in [1.29, 1.82) is 0 Å². The lowest BCUT2D eigenvalue weighted by molar-refractivity contribution is -0.121. The second-order valence-electron chi connectivity index (χ2n) is 9.97. The maximum Gasteiger partial charge on any atom is 0.220 e. The molecule has 2 heterocycles. The Kier molecular flexibility index (Phi) is 8.06. The number of aromatic nitrogens is 4. The van der Waals surface area contributed by atoms with Crippen LogP contribution >= 0.6 is 11.8 Å². The molecule has 0 fully saturated rings. The van der Waals surface area contributed by atoms with Crippen molar-refractivity contribution in [2.45, 2.75) is 70.5 Å². The Morgan fingerprint density at radius 2 is 1.80 bits per heavy atom. The van der Waals surface area contributed by atoms with Crippen molar-refractivity contribution >= 4 is 39.7 Å². The molecule has 1 amide bonds. The molecule has 0 aliphatic rings. The normalized spacial score (nSPS) is 11.9. The first-order valence-corrected chi connectivity index (χ1v) is 13.5.